The van der Waals surface area contributed by atoms with Gasteiger partial charge in [-0.15, -0.1) is 0 Å². The molecule has 1 amide bonds. The molecule has 0 radical (unpaired) electrons. The van der Waals surface area contributed by atoms with Gasteiger partial charge in [0.25, 0.3) is 0 Å². The molecule has 63 heavy (non-hydrogen) atoms. The summed E-state index contributed by atoms with van der Waals surface area (Å²) in [5.74, 6) is -1.30. The molecule has 1 aliphatic rings. The van der Waals surface area contributed by atoms with Crippen LogP contribution in [0.1, 0.15) is 137 Å². The van der Waals surface area contributed by atoms with Crippen molar-refractivity contribution in [1.29, 1.82) is 0 Å². The monoisotopic (exact) mass is 905 g/mol. The van der Waals surface area contributed by atoms with E-state index in [1.165, 1.54) is 0 Å². The number of amides is 1. The van der Waals surface area contributed by atoms with Gasteiger partial charge in [0.2, 0.25) is 0 Å². The van der Waals surface area contributed by atoms with Gasteiger partial charge in [-0.25, -0.2) is 9.59 Å². The molecular formula is C45H88N6O12. The van der Waals surface area contributed by atoms with Crippen LogP contribution < -0.4 is 21.7 Å². The van der Waals surface area contributed by atoms with Gasteiger partial charge < -0.3 is 50.1 Å². The Bertz CT molecular complexity index is 1330. The van der Waals surface area contributed by atoms with E-state index in [0.717, 1.165) is 12.6 Å². The van der Waals surface area contributed by atoms with Crippen molar-refractivity contribution in [3.05, 3.63) is 12.7 Å². The quantitative estimate of drug-likeness (QED) is 0.0702. The number of ether oxygens (including phenoxy) is 6. The molecule has 0 saturated carbocycles. The molecule has 0 bridgehead atoms. The van der Waals surface area contributed by atoms with E-state index in [4.69, 9.17) is 34.2 Å². The first-order valence-electron chi connectivity index (χ1n) is 21.6. The molecule has 18 heteroatoms. The molecule has 0 aromatic rings. The van der Waals surface area contributed by atoms with Crippen molar-refractivity contribution in [1.82, 2.24) is 25.8 Å². The van der Waals surface area contributed by atoms with Crippen molar-refractivity contribution in [3.63, 3.8) is 0 Å². The molecule has 0 spiro atoms. The topological polar surface area (TPSA) is 226 Å². The first-order valence-corrected chi connectivity index (χ1v) is 21.6. The molecule has 18 nitrogen and oxygen atoms in total. The number of carbonyl (C=O) groups is 6. The molecule has 1 fully saturated rings. The molecule has 5 N–H and O–H groups in total. The fourth-order valence-corrected chi connectivity index (χ4v) is 4.41. The summed E-state index contributed by atoms with van der Waals surface area (Å²) in [6.07, 6.45) is 1.52. The molecule has 0 aliphatic carbocycles. The van der Waals surface area contributed by atoms with Crippen molar-refractivity contribution < 1.29 is 57.2 Å². The van der Waals surface area contributed by atoms with Crippen LogP contribution in [0.2, 0.25) is 0 Å². The average molecular weight is 905 g/mol. The summed E-state index contributed by atoms with van der Waals surface area (Å²) < 4.78 is 30.8. The molecule has 1 aliphatic heterocycles. The molecule has 1 saturated heterocycles. The van der Waals surface area contributed by atoms with Crippen LogP contribution in [0.4, 0.5) is 4.79 Å². The maximum atomic E-state index is 11.9. The fraction of sp³-hybridized carbons (Fsp3) is 0.822. The Morgan fingerprint density at radius 1 is 0.508 bits per heavy atom. The fourth-order valence-electron chi connectivity index (χ4n) is 4.41. The SMILES string of the molecule is C=CC(=O)OC(C)(C)C.CC(C)(C)OC(=O)CCN1CCN(C(=O)OC(C)(C)C)C1.CC(C)(C)OC(=O)CCNCCNCC(=O)OC(C)(C)C.CC(C)(C)OC(=O)CNCCN. The van der Waals surface area contributed by atoms with Gasteiger partial charge in [-0.3, -0.25) is 29.0 Å². The summed E-state index contributed by atoms with van der Waals surface area (Å²) in [5, 5.41) is 8.95. The molecule has 0 aromatic heterocycles. The standard InChI is InChI=1S/C15H28N2O4.C15H30N2O4.C8H18N2O2.C7H12O2/c1-14(2,3)20-12(18)7-8-16-9-10-17(11-16)13(19)21-15(4,5)6;1-14(2,3)20-12(18)7-8-16-9-10-17-11-13(19)21-15(4,5)6;1-8(2,3)12-7(11)6-10-5-4-9;1-5-6(8)9-7(2,3)4/h7-11H2,1-6H3;16-17H,7-11H2,1-6H3;10H,4-6,9H2,1-3H3;5H,1H2,2-4H3. The van der Waals surface area contributed by atoms with E-state index in [0.29, 0.717) is 65.3 Å². The number of nitrogens with one attached hydrogen (secondary N) is 3. The van der Waals surface area contributed by atoms with E-state index >= 15 is 0 Å². The molecule has 1 heterocycles. The number of hydrogen-bond acceptors (Lipinski definition) is 17. The zero-order valence-electron chi connectivity index (χ0n) is 42.3. The Kier molecular flexibility index (Phi) is 30.5. The molecule has 1 rings (SSSR count). The van der Waals surface area contributed by atoms with Crippen LogP contribution in [0.15, 0.2) is 12.7 Å². The number of nitrogens with two attached hydrogens (primary N) is 1. The lowest BCUT2D eigenvalue weighted by Crippen LogP contribution is -2.37. The average Bonchev–Trinajstić information content (AvgIpc) is 3.53. The second kappa shape index (κ2) is 30.3. The third-order valence-corrected chi connectivity index (χ3v) is 6.44. The summed E-state index contributed by atoms with van der Waals surface area (Å²) in [5.41, 5.74) is 2.60. The third-order valence-electron chi connectivity index (χ3n) is 6.44. The Morgan fingerprint density at radius 3 is 1.27 bits per heavy atom. The second-order valence-corrected chi connectivity index (χ2v) is 20.5. The van der Waals surface area contributed by atoms with E-state index in [-0.39, 0.29) is 49.0 Å². The third kappa shape index (κ3) is 49.0. The summed E-state index contributed by atoms with van der Waals surface area (Å²) in [6, 6.07) is 0. The van der Waals surface area contributed by atoms with E-state index in [1.54, 1.807) is 4.90 Å². The van der Waals surface area contributed by atoms with E-state index in [9.17, 15) is 28.8 Å². The van der Waals surface area contributed by atoms with Crippen LogP contribution in [0, 0.1) is 0 Å². The van der Waals surface area contributed by atoms with Crippen molar-refractivity contribution >= 4 is 35.9 Å². The minimum absolute atomic E-state index is 0.186. The molecular weight excluding hydrogens is 817 g/mol. The highest BCUT2D eigenvalue weighted by molar-refractivity contribution is 5.81. The summed E-state index contributed by atoms with van der Waals surface area (Å²) >= 11 is 0. The minimum atomic E-state index is -0.485. The number of rotatable bonds is 16. The predicted octanol–water partition coefficient (Wildman–Crippen LogP) is 4.86. The lowest BCUT2D eigenvalue weighted by Gasteiger charge is -2.24. The Balaban J connectivity index is -0.000000804. The van der Waals surface area contributed by atoms with Crippen LogP contribution in [-0.2, 0) is 52.4 Å². The molecule has 0 aromatic carbocycles. The zero-order chi connectivity index (χ0) is 49.9. The number of nitrogens with zero attached hydrogens (tertiary/aromatic N) is 2. The van der Waals surface area contributed by atoms with Gasteiger partial charge in [0.15, 0.2) is 0 Å². The maximum absolute atomic E-state index is 11.9. The van der Waals surface area contributed by atoms with Gasteiger partial charge in [-0.1, -0.05) is 6.58 Å². The van der Waals surface area contributed by atoms with E-state index in [2.05, 4.69) is 22.5 Å². The first kappa shape index (κ1) is 63.4. The smallest absolute Gasteiger partial charge is 0.411 e. The van der Waals surface area contributed by atoms with Crippen molar-refractivity contribution in [2.45, 2.75) is 171 Å². The molecule has 370 valence electrons. The van der Waals surface area contributed by atoms with Crippen LogP contribution in [0.25, 0.3) is 0 Å². The van der Waals surface area contributed by atoms with Crippen LogP contribution in [0.5, 0.6) is 0 Å². The number of carbonyl (C=O) groups excluding carboxylic acids is 6. The first-order chi connectivity index (χ1) is 28.4. The van der Waals surface area contributed by atoms with E-state index in [1.807, 2.05) is 130 Å². The Morgan fingerprint density at radius 2 is 0.889 bits per heavy atom. The van der Waals surface area contributed by atoms with Gasteiger partial charge in [-0.2, -0.15) is 0 Å². The van der Waals surface area contributed by atoms with Crippen molar-refractivity contribution in [3.8, 4) is 0 Å². The van der Waals surface area contributed by atoms with Crippen molar-refractivity contribution in [2.75, 3.05) is 72.1 Å². The van der Waals surface area contributed by atoms with Gasteiger partial charge in [-0.05, 0) is 125 Å². The number of esters is 5. The Labute approximate surface area is 379 Å². The van der Waals surface area contributed by atoms with Gasteiger partial charge in [0.1, 0.15) is 33.6 Å². The van der Waals surface area contributed by atoms with Gasteiger partial charge in [0.05, 0.1) is 32.6 Å². The van der Waals surface area contributed by atoms with Gasteiger partial charge >= 0.3 is 35.9 Å². The predicted molar refractivity (Wildman–Crippen MR) is 246 cm³/mol. The zero-order valence-corrected chi connectivity index (χ0v) is 42.3. The molecule has 0 atom stereocenters. The van der Waals surface area contributed by atoms with E-state index < -0.39 is 33.6 Å². The maximum Gasteiger partial charge on any atom is 0.411 e. The Hall–Kier alpha value is -3.84. The lowest BCUT2D eigenvalue weighted by atomic mass is 10.2. The largest absolute Gasteiger partial charge is 0.460 e. The highest BCUT2D eigenvalue weighted by atomic mass is 16.6. The lowest BCUT2D eigenvalue weighted by molar-refractivity contribution is -0.156. The van der Waals surface area contributed by atoms with Crippen molar-refractivity contribution in [2.24, 2.45) is 5.73 Å². The number of hydrogen-bond donors (Lipinski definition) is 4. The van der Waals surface area contributed by atoms with Gasteiger partial charge in [0, 0.05) is 58.4 Å². The summed E-state index contributed by atoms with van der Waals surface area (Å²) in [4.78, 5) is 71.6. The van der Waals surface area contributed by atoms with Crippen LogP contribution in [0.3, 0.4) is 0 Å². The normalized spacial score (nSPS) is 13.3. The molecule has 0 unspecified atom stereocenters. The van der Waals surface area contributed by atoms with Crippen LogP contribution in [-0.4, -0.2) is 151 Å². The summed E-state index contributed by atoms with van der Waals surface area (Å²) in [6.45, 7) is 42.3. The minimum Gasteiger partial charge on any atom is -0.460 e. The van der Waals surface area contributed by atoms with Crippen LogP contribution >= 0.6 is 0 Å². The highest BCUT2D eigenvalue weighted by Crippen LogP contribution is 2.15. The highest BCUT2D eigenvalue weighted by Gasteiger charge is 2.29. The second-order valence-electron chi connectivity index (χ2n) is 20.5. The summed E-state index contributed by atoms with van der Waals surface area (Å²) in [7, 11) is 0.